The van der Waals surface area contributed by atoms with Crippen molar-refractivity contribution in [3.8, 4) is 0 Å². The molecule has 2 aromatic rings. The molecule has 6 nitrogen and oxygen atoms in total. The van der Waals surface area contributed by atoms with Crippen molar-refractivity contribution >= 4 is 23.5 Å². The Hall–Kier alpha value is -3.15. The standard InChI is InChI=1S/C21H24N2O4/c1-15(21(26)27)18-9-6-10-19(13-18)22-20(25)11-12-23(16(2)24)14-17-7-4-3-5-8-17/h3-10,13,15H,11-12,14H2,1-2H3,(H,22,25)(H,26,27). The molecule has 2 rings (SSSR count). The summed E-state index contributed by atoms with van der Waals surface area (Å²) in [7, 11) is 0. The highest BCUT2D eigenvalue weighted by Gasteiger charge is 2.15. The molecule has 0 saturated carbocycles. The van der Waals surface area contributed by atoms with Crippen LogP contribution in [0.4, 0.5) is 5.69 Å². The number of amides is 2. The molecule has 0 fully saturated rings. The SMILES string of the molecule is CC(=O)N(CCC(=O)Nc1cccc(C(C)C(=O)O)c1)Cc1ccccc1. The lowest BCUT2D eigenvalue weighted by Gasteiger charge is -2.21. The minimum Gasteiger partial charge on any atom is -0.481 e. The summed E-state index contributed by atoms with van der Waals surface area (Å²) in [5, 5.41) is 11.9. The van der Waals surface area contributed by atoms with Crippen LogP contribution in [0.3, 0.4) is 0 Å². The number of nitrogens with one attached hydrogen (secondary N) is 1. The molecule has 1 unspecified atom stereocenters. The highest BCUT2D eigenvalue weighted by molar-refractivity contribution is 5.91. The fourth-order valence-corrected chi connectivity index (χ4v) is 2.64. The maximum atomic E-state index is 12.2. The first kappa shape index (κ1) is 20.2. The van der Waals surface area contributed by atoms with Crippen molar-refractivity contribution < 1.29 is 19.5 Å². The number of carboxylic acids is 1. The van der Waals surface area contributed by atoms with Gasteiger partial charge in [0.2, 0.25) is 11.8 Å². The fourth-order valence-electron chi connectivity index (χ4n) is 2.64. The molecular formula is C21H24N2O4. The largest absolute Gasteiger partial charge is 0.481 e. The summed E-state index contributed by atoms with van der Waals surface area (Å²) < 4.78 is 0. The van der Waals surface area contributed by atoms with Gasteiger partial charge in [0.1, 0.15) is 0 Å². The van der Waals surface area contributed by atoms with E-state index in [-0.39, 0.29) is 18.2 Å². The lowest BCUT2D eigenvalue weighted by Crippen LogP contribution is -2.31. The van der Waals surface area contributed by atoms with Gasteiger partial charge in [-0.05, 0) is 30.2 Å². The van der Waals surface area contributed by atoms with Crippen molar-refractivity contribution in [3.05, 3.63) is 65.7 Å². The molecule has 27 heavy (non-hydrogen) atoms. The van der Waals surface area contributed by atoms with E-state index in [1.807, 2.05) is 30.3 Å². The van der Waals surface area contributed by atoms with Gasteiger partial charge in [-0.2, -0.15) is 0 Å². The van der Waals surface area contributed by atoms with Crippen LogP contribution in [0, 0.1) is 0 Å². The summed E-state index contributed by atoms with van der Waals surface area (Å²) in [5.74, 6) is -1.89. The first-order valence-corrected chi connectivity index (χ1v) is 8.79. The first-order chi connectivity index (χ1) is 12.9. The van der Waals surface area contributed by atoms with E-state index < -0.39 is 11.9 Å². The number of rotatable bonds is 8. The van der Waals surface area contributed by atoms with Crippen molar-refractivity contribution in [1.82, 2.24) is 4.90 Å². The maximum Gasteiger partial charge on any atom is 0.310 e. The van der Waals surface area contributed by atoms with Crippen molar-refractivity contribution in [3.63, 3.8) is 0 Å². The van der Waals surface area contributed by atoms with Crippen LogP contribution in [0.2, 0.25) is 0 Å². The maximum absolute atomic E-state index is 12.2. The number of nitrogens with zero attached hydrogens (tertiary/aromatic N) is 1. The smallest absolute Gasteiger partial charge is 0.310 e. The molecule has 0 saturated heterocycles. The number of benzene rings is 2. The summed E-state index contributed by atoms with van der Waals surface area (Å²) in [6.45, 7) is 3.84. The van der Waals surface area contributed by atoms with Crippen LogP contribution in [0.15, 0.2) is 54.6 Å². The minimum atomic E-state index is -0.920. The van der Waals surface area contributed by atoms with Gasteiger partial charge in [0.05, 0.1) is 5.92 Å². The molecule has 142 valence electrons. The molecule has 0 bridgehead atoms. The molecule has 0 aliphatic carbocycles. The minimum absolute atomic E-state index is 0.0936. The summed E-state index contributed by atoms with van der Waals surface area (Å²) in [6.07, 6.45) is 0.158. The molecule has 2 N–H and O–H groups in total. The van der Waals surface area contributed by atoms with Gasteiger partial charge in [0, 0.05) is 32.1 Å². The highest BCUT2D eigenvalue weighted by atomic mass is 16.4. The Morgan fingerprint density at radius 2 is 1.78 bits per heavy atom. The zero-order chi connectivity index (χ0) is 19.8. The molecule has 0 spiro atoms. The number of anilines is 1. The van der Waals surface area contributed by atoms with Crippen LogP contribution in [-0.2, 0) is 20.9 Å². The van der Waals surface area contributed by atoms with Crippen molar-refractivity contribution in [2.24, 2.45) is 0 Å². The highest BCUT2D eigenvalue weighted by Crippen LogP contribution is 2.19. The van der Waals surface area contributed by atoms with E-state index in [0.29, 0.717) is 24.3 Å². The Morgan fingerprint density at radius 3 is 2.41 bits per heavy atom. The monoisotopic (exact) mass is 368 g/mol. The second-order valence-corrected chi connectivity index (χ2v) is 6.41. The Bertz CT molecular complexity index is 805. The van der Waals surface area contributed by atoms with Gasteiger partial charge >= 0.3 is 5.97 Å². The van der Waals surface area contributed by atoms with Crippen molar-refractivity contribution in [1.29, 1.82) is 0 Å². The number of aliphatic carboxylic acids is 1. The number of carbonyl (C=O) groups excluding carboxylic acids is 2. The van der Waals surface area contributed by atoms with Gasteiger partial charge in [-0.3, -0.25) is 14.4 Å². The molecule has 0 aromatic heterocycles. The van der Waals surface area contributed by atoms with Gasteiger partial charge in [-0.25, -0.2) is 0 Å². The van der Waals surface area contributed by atoms with Gasteiger partial charge in [-0.1, -0.05) is 42.5 Å². The molecule has 2 amide bonds. The van der Waals surface area contributed by atoms with E-state index in [2.05, 4.69) is 5.32 Å². The van der Waals surface area contributed by atoms with Gasteiger partial charge < -0.3 is 15.3 Å². The van der Waals surface area contributed by atoms with E-state index >= 15 is 0 Å². The van der Waals surface area contributed by atoms with E-state index in [9.17, 15) is 14.4 Å². The third-order valence-corrected chi connectivity index (χ3v) is 4.31. The summed E-state index contributed by atoms with van der Waals surface area (Å²) in [5.41, 5.74) is 2.17. The average Bonchev–Trinajstić information content (AvgIpc) is 2.65. The summed E-state index contributed by atoms with van der Waals surface area (Å²) in [6, 6.07) is 16.4. The Labute approximate surface area is 158 Å². The van der Waals surface area contributed by atoms with Crippen LogP contribution in [0.25, 0.3) is 0 Å². The van der Waals surface area contributed by atoms with Gasteiger partial charge in [-0.15, -0.1) is 0 Å². The zero-order valence-electron chi connectivity index (χ0n) is 15.5. The summed E-state index contributed by atoms with van der Waals surface area (Å²) >= 11 is 0. The number of hydrogen-bond acceptors (Lipinski definition) is 3. The molecule has 1 atom stereocenters. The van der Waals surface area contributed by atoms with E-state index in [1.165, 1.54) is 6.92 Å². The van der Waals surface area contributed by atoms with Crippen LogP contribution in [-0.4, -0.2) is 34.3 Å². The predicted octanol–water partition coefficient (Wildman–Crippen LogP) is 3.25. The molecule has 0 aliphatic heterocycles. The second kappa shape index (κ2) is 9.52. The third kappa shape index (κ3) is 6.26. The molecule has 0 heterocycles. The van der Waals surface area contributed by atoms with Gasteiger partial charge in [0.25, 0.3) is 0 Å². The quantitative estimate of drug-likeness (QED) is 0.749. The van der Waals surface area contributed by atoms with E-state index in [0.717, 1.165) is 5.56 Å². The Balaban J connectivity index is 1.93. The van der Waals surface area contributed by atoms with Crippen LogP contribution in [0.1, 0.15) is 37.3 Å². The van der Waals surface area contributed by atoms with E-state index in [4.69, 9.17) is 5.11 Å². The molecular weight excluding hydrogens is 344 g/mol. The van der Waals surface area contributed by atoms with Crippen molar-refractivity contribution in [2.75, 3.05) is 11.9 Å². The molecule has 0 radical (unpaired) electrons. The number of carbonyl (C=O) groups is 3. The predicted molar refractivity (Wildman–Crippen MR) is 103 cm³/mol. The van der Waals surface area contributed by atoms with Gasteiger partial charge in [0.15, 0.2) is 0 Å². The first-order valence-electron chi connectivity index (χ1n) is 8.79. The van der Waals surface area contributed by atoms with Crippen LogP contribution in [0.5, 0.6) is 0 Å². The lowest BCUT2D eigenvalue weighted by atomic mass is 10.0. The average molecular weight is 368 g/mol. The zero-order valence-corrected chi connectivity index (χ0v) is 15.5. The molecule has 0 aliphatic rings. The summed E-state index contributed by atoms with van der Waals surface area (Å²) in [4.78, 5) is 36.8. The van der Waals surface area contributed by atoms with Crippen LogP contribution >= 0.6 is 0 Å². The number of carboxylic acid groups (broad SMARTS) is 1. The number of hydrogen-bond donors (Lipinski definition) is 2. The van der Waals surface area contributed by atoms with E-state index in [1.54, 1.807) is 36.1 Å². The third-order valence-electron chi connectivity index (χ3n) is 4.31. The Kier molecular flexibility index (Phi) is 7.11. The topological polar surface area (TPSA) is 86.7 Å². The van der Waals surface area contributed by atoms with Crippen molar-refractivity contribution in [2.45, 2.75) is 32.7 Å². The molecule has 6 heteroatoms. The molecule has 2 aromatic carbocycles. The lowest BCUT2D eigenvalue weighted by molar-refractivity contribution is -0.138. The second-order valence-electron chi connectivity index (χ2n) is 6.41. The normalized spacial score (nSPS) is 11.5. The Morgan fingerprint density at radius 1 is 1.07 bits per heavy atom. The van der Waals surface area contributed by atoms with Crippen LogP contribution < -0.4 is 5.32 Å². The fraction of sp³-hybridized carbons (Fsp3) is 0.286.